The van der Waals surface area contributed by atoms with Crippen LogP contribution in [0, 0.1) is 0 Å². The van der Waals surface area contributed by atoms with Gasteiger partial charge in [0.15, 0.2) is 11.5 Å². The predicted molar refractivity (Wildman–Crippen MR) is 99.5 cm³/mol. The first-order chi connectivity index (χ1) is 12.8. The molecule has 0 spiro atoms. The van der Waals surface area contributed by atoms with Crippen molar-refractivity contribution >= 4 is 5.91 Å². The lowest BCUT2D eigenvalue weighted by atomic mass is 10.1. The van der Waals surface area contributed by atoms with Crippen molar-refractivity contribution in [2.75, 3.05) is 19.7 Å². The Morgan fingerprint density at radius 2 is 2.23 bits per heavy atom. The second-order valence-corrected chi connectivity index (χ2v) is 6.25. The molecule has 1 unspecified atom stereocenters. The van der Waals surface area contributed by atoms with E-state index >= 15 is 0 Å². The molecule has 1 amide bonds. The molecular weight excluding hydrogens is 330 g/mol. The molecule has 1 aromatic carbocycles. The lowest BCUT2D eigenvalue weighted by molar-refractivity contribution is 0.0949. The average molecular weight is 355 g/mol. The van der Waals surface area contributed by atoms with E-state index in [9.17, 15) is 4.79 Å². The molecule has 2 aromatic rings. The van der Waals surface area contributed by atoms with Crippen LogP contribution in [0.3, 0.4) is 0 Å². The van der Waals surface area contributed by atoms with Crippen LogP contribution in [0.1, 0.15) is 35.7 Å². The summed E-state index contributed by atoms with van der Waals surface area (Å²) in [5.74, 6) is 1.09. The van der Waals surface area contributed by atoms with Crippen molar-refractivity contribution in [1.29, 1.82) is 0 Å². The van der Waals surface area contributed by atoms with E-state index in [1.165, 1.54) is 0 Å². The van der Waals surface area contributed by atoms with Gasteiger partial charge in [-0.25, -0.2) is 0 Å². The second kappa shape index (κ2) is 9.20. The topological polar surface area (TPSA) is 72.5 Å². The summed E-state index contributed by atoms with van der Waals surface area (Å²) < 4.78 is 11.5. The van der Waals surface area contributed by atoms with Crippen LogP contribution >= 0.6 is 0 Å². The lowest BCUT2D eigenvalue weighted by Gasteiger charge is -2.15. The van der Waals surface area contributed by atoms with Gasteiger partial charge in [0.05, 0.1) is 6.61 Å². The number of rotatable bonds is 8. The number of hydrogen-bond acceptors (Lipinski definition) is 5. The molecule has 0 aliphatic carbocycles. The van der Waals surface area contributed by atoms with Crippen LogP contribution in [0.4, 0.5) is 0 Å². The van der Waals surface area contributed by atoms with Crippen LogP contribution in [-0.2, 0) is 6.61 Å². The first-order valence-corrected chi connectivity index (χ1v) is 9.06. The molecule has 2 heterocycles. The molecule has 6 heteroatoms. The molecule has 6 nitrogen and oxygen atoms in total. The van der Waals surface area contributed by atoms with Gasteiger partial charge in [0.2, 0.25) is 0 Å². The van der Waals surface area contributed by atoms with E-state index in [4.69, 9.17) is 9.47 Å². The molecule has 3 rings (SSSR count). The number of nitrogens with zero attached hydrogens (tertiary/aromatic N) is 1. The second-order valence-electron chi connectivity index (χ2n) is 6.25. The van der Waals surface area contributed by atoms with Gasteiger partial charge in [-0.3, -0.25) is 9.78 Å². The maximum atomic E-state index is 12.4. The van der Waals surface area contributed by atoms with Gasteiger partial charge in [-0.1, -0.05) is 6.07 Å². The summed E-state index contributed by atoms with van der Waals surface area (Å²) in [6.07, 6.45) is 5.76. The highest BCUT2D eigenvalue weighted by atomic mass is 16.5. The highest BCUT2D eigenvalue weighted by molar-refractivity contribution is 5.94. The summed E-state index contributed by atoms with van der Waals surface area (Å²) in [6, 6.07) is 9.47. The molecule has 2 N–H and O–H groups in total. The molecular formula is C20H25N3O3. The third kappa shape index (κ3) is 4.95. The molecule has 0 saturated carbocycles. The standard InChI is InChI=1S/C20H25N3O3/c1-2-25-19-11-16(20(24)23-13-17-6-4-10-22-17)7-8-18(19)26-14-15-5-3-9-21-12-15/h3,5,7-9,11-12,17,22H,2,4,6,10,13-14H2,1H3,(H,23,24). The van der Waals surface area contributed by atoms with Crippen molar-refractivity contribution in [3.05, 3.63) is 53.9 Å². The Morgan fingerprint density at radius 1 is 1.31 bits per heavy atom. The third-order valence-electron chi connectivity index (χ3n) is 4.29. The number of amides is 1. The Balaban J connectivity index is 1.64. The van der Waals surface area contributed by atoms with Crippen molar-refractivity contribution < 1.29 is 14.3 Å². The van der Waals surface area contributed by atoms with Crippen LogP contribution in [0.2, 0.25) is 0 Å². The molecule has 138 valence electrons. The fourth-order valence-corrected chi connectivity index (χ4v) is 2.93. The van der Waals surface area contributed by atoms with Gasteiger partial charge in [0.25, 0.3) is 5.91 Å². The van der Waals surface area contributed by atoms with Crippen LogP contribution in [-0.4, -0.2) is 36.6 Å². The molecule has 1 aliphatic heterocycles. The molecule has 1 atom stereocenters. The van der Waals surface area contributed by atoms with E-state index < -0.39 is 0 Å². The number of carbonyl (C=O) groups is 1. The predicted octanol–water partition coefficient (Wildman–Crippen LogP) is 2.54. The van der Waals surface area contributed by atoms with Gasteiger partial charge < -0.3 is 20.1 Å². The Kier molecular flexibility index (Phi) is 6.44. The monoisotopic (exact) mass is 355 g/mol. The van der Waals surface area contributed by atoms with Crippen molar-refractivity contribution in [3.63, 3.8) is 0 Å². The zero-order valence-electron chi connectivity index (χ0n) is 15.0. The summed E-state index contributed by atoms with van der Waals surface area (Å²) >= 11 is 0. The van der Waals surface area contributed by atoms with E-state index in [2.05, 4.69) is 15.6 Å². The summed E-state index contributed by atoms with van der Waals surface area (Å²) in [4.78, 5) is 16.5. The van der Waals surface area contributed by atoms with Gasteiger partial charge in [-0.2, -0.15) is 0 Å². The number of carbonyl (C=O) groups excluding carboxylic acids is 1. The number of benzene rings is 1. The van der Waals surface area contributed by atoms with Crippen molar-refractivity contribution in [2.45, 2.75) is 32.4 Å². The van der Waals surface area contributed by atoms with Crippen LogP contribution in [0.5, 0.6) is 11.5 Å². The summed E-state index contributed by atoms with van der Waals surface area (Å²) in [5, 5.41) is 6.35. The molecule has 1 aromatic heterocycles. The fourth-order valence-electron chi connectivity index (χ4n) is 2.93. The molecule has 1 saturated heterocycles. The number of hydrogen-bond donors (Lipinski definition) is 2. The minimum Gasteiger partial charge on any atom is -0.490 e. The molecule has 0 radical (unpaired) electrons. The normalized spacial score (nSPS) is 16.3. The van der Waals surface area contributed by atoms with E-state index in [1.54, 1.807) is 30.6 Å². The zero-order chi connectivity index (χ0) is 18.2. The summed E-state index contributed by atoms with van der Waals surface area (Å²) in [6.45, 7) is 4.47. The highest BCUT2D eigenvalue weighted by Crippen LogP contribution is 2.29. The minimum absolute atomic E-state index is 0.0986. The molecule has 0 bridgehead atoms. The van der Waals surface area contributed by atoms with Crippen LogP contribution in [0.25, 0.3) is 0 Å². The van der Waals surface area contributed by atoms with Crippen molar-refractivity contribution in [3.8, 4) is 11.5 Å². The number of pyridine rings is 1. The smallest absolute Gasteiger partial charge is 0.251 e. The Labute approximate surface area is 153 Å². The molecule has 1 fully saturated rings. The summed E-state index contributed by atoms with van der Waals surface area (Å²) in [5.41, 5.74) is 1.54. The van der Waals surface area contributed by atoms with Crippen molar-refractivity contribution in [1.82, 2.24) is 15.6 Å². The van der Waals surface area contributed by atoms with Gasteiger partial charge in [-0.05, 0) is 50.6 Å². The van der Waals surface area contributed by atoms with Gasteiger partial charge in [0.1, 0.15) is 6.61 Å². The lowest BCUT2D eigenvalue weighted by Crippen LogP contribution is -2.37. The van der Waals surface area contributed by atoms with Gasteiger partial charge >= 0.3 is 0 Å². The Bertz CT molecular complexity index is 715. The van der Waals surface area contributed by atoms with Gasteiger partial charge in [0, 0.05) is 36.1 Å². The SMILES string of the molecule is CCOc1cc(C(=O)NCC2CCCN2)ccc1OCc1cccnc1. The first kappa shape index (κ1) is 18.2. The zero-order valence-corrected chi connectivity index (χ0v) is 15.0. The minimum atomic E-state index is -0.0986. The molecule has 26 heavy (non-hydrogen) atoms. The van der Waals surface area contributed by atoms with E-state index in [-0.39, 0.29) is 5.91 Å². The Morgan fingerprint density at radius 3 is 2.96 bits per heavy atom. The maximum Gasteiger partial charge on any atom is 0.251 e. The number of aromatic nitrogens is 1. The molecule has 1 aliphatic rings. The third-order valence-corrected chi connectivity index (χ3v) is 4.29. The van der Waals surface area contributed by atoms with Crippen LogP contribution in [0.15, 0.2) is 42.7 Å². The fraction of sp³-hybridized carbons (Fsp3) is 0.400. The maximum absolute atomic E-state index is 12.4. The van der Waals surface area contributed by atoms with E-state index in [0.29, 0.717) is 42.9 Å². The van der Waals surface area contributed by atoms with E-state index in [0.717, 1.165) is 24.9 Å². The Hall–Kier alpha value is -2.60. The average Bonchev–Trinajstić information content (AvgIpc) is 3.20. The highest BCUT2D eigenvalue weighted by Gasteiger charge is 2.16. The largest absolute Gasteiger partial charge is 0.490 e. The van der Waals surface area contributed by atoms with Gasteiger partial charge in [-0.15, -0.1) is 0 Å². The quantitative estimate of drug-likeness (QED) is 0.761. The number of nitrogens with one attached hydrogen (secondary N) is 2. The summed E-state index contributed by atoms with van der Waals surface area (Å²) in [7, 11) is 0. The van der Waals surface area contributed by atoms with Crippen molar-refractivity contribution in [2.24, 2.45) is 0 Å². The van der Waals surface area contributed by atoms with E-state index in [1.807, 2.05) is 19.1 Å². The number of ether oxygens (including phenoxy) is 2. The van der Waals surface area contributed by atoms with Crippen LogP contribution < -0.4 is 20.1 Å². The first-order valence-electron chi connectivity index (χ1n) is 9.06.